The third-order valence-corrected chi connectivity index (χ3v) is 6.45. The molecule has 1 amide bonds. The van der Waals surface area contributed by atoms with E-state index in [1.54, 1.807) is 38.1 Å². The molecular weight excluding hydrogens is 507 g/mol. The Kier molecular flexibility index (Phi) is 8.25. The van der Waals surface area contributed by atoms with Crippen LogP contribution in [-0.4, -0.2) is 52.8 Å². The SMILES string of the molecule is CCn1cc(-c2cc([C@@H](C)NC(=O)c3cc(OCCN(C)C)ccc3C)c3ccccc3n2)c(C(F)(F)F)n1. The molecule has 39 heavy (non-hydrogen) atoms. The van der Waals surface area contributed by atoms with Gasteiger partial charge in [-0.15, -0.1) is 0 Å². The highest BCUT2D eigenvalue weighted by Gasteiger charge is 2.38. The third-order valence-electron chi connectivity index (χ3n) is 6.45. The van der Waals surface area contributed by atoms with Gasteiger partial charge in [-0.1, -0.05) is 24.3 Å². The van der Waals surface area contributed by atoms with Crippen molar-refractivity contribution in [2.75, 3.05) is 27.2 Å². The van der Waals surface area contributed by atoms with Crippen molar-refractivity contribution in [2.45, 2.75) is 39.5 Å². The van der Waals surface area contributed by atoms with E-state index in [1.165, 1.54) is 10.9 Å². The Labute approximate surface area is 225 Å². The molecule has 2 heterocycles. The van der Waals surface area contributed by atoms with Gasteiger partial charge in [0.25, 0.3) is 5.91 Å². The van der Waals surface area contributed by atoms with Gasteiger partial charge >= 0.3 is 6.18 Å². The number of pyridine rings is 1. The van der Waals surface area contributed by atoms with Gasteiger partial charge < -0.3 is 15.0 Å². The summed E-state index contributed by atoms with van der Waals surface area (Å²) in [5.41, 5.74) is 1.47. The fourth-order valence-corrected chi connectivity index (χ4v) is 4.31. The second kappa shape index (κ2) is 11.4. The Morgan fingerprint density at radius 2 is 1.90 bits per heavy atom. The van der Waals surface area contributed by atoms with Crippen molar-refractivity contribution < 1.29 is 22.7 Å². The molecule has 10 heteroatoms. The maximum absolute atomic E-state index is 13.8. The summed E-state index contributed by atoms with van der Waals surface area (Å²) < 4.78 is 48.5. The van der Waals surface area contributed by atoms with E-state index in [-0.39, 0.29) is 23.7 Å². The zero-order chi connectivity index (χ0) is 28.3. The Hall–Kier alpha value is -3.92. The van der Waals surface area contributed by atoms with Gasteiger partial charge in [0.1, 0.15) is 12.4 Å². The first-order valence-corrected chi connectivity index (χ1v) is 12.7. The largest absolute Gasteiger partial charge is 0.492 e. The van der Waals surface area contributed by atoms with Crippen molar-refractivity contribution in [2.24, 2.45) is 0 Å². The van der Waals surface area contributed by atoms with Crippen LogP contribution in [-0.2, 0) is 12.7 Å². The molecule has 0 aliphatic carbocycles. The normalized spacial score (nSPS) is 12.6. The quantitative estimate of drug-likeness (QED) is 0.288. The summed E-state index contributed by atoms with van der Waals surface area (Å²) in [6.07, 6.45) is -3.28. The predicted octanol–water partition coefficient (Wildman–Crippen LogP) is 5.88. The molecule has 0 saturated heterocycles. The van der Waals surface area contributed by atoms with E-state index in [1.807, 2.05) is 50.2 Å². The van der Waals surface area contributed by atoms with Crippen LogP contribution in [0.2, 0.25) is 0 Å². The van der Waals surface area contributed by atoms with Crippen LogP contribution in [0.25, 0.3) is 22.2 Å². The number of hydrogen-bond acceptors (Lipinski definition) is 5. The summed E-state index contributed by atoms with van der Waals surface area (Å²) in [4.78, 5) is 19.9. The van der Waals surface area contributed by atoms with Crippen molar-refractivity contribution in [3.8, 4) is 17.0 Å². The number of rotatable bonds is 9. The lowest BCUT2D eigenvalue weighted by atomic mass is 9.99. The van der Waals surface area contributed by atoms with Crippen LogP contribution in [0.1, 0.15) is 47.1 Å². The number of halogens is 3. The standard InChI is InChI=1S/C29H32F3N5O2/c1-6-37-17-24(27(35-37)29(30,31)32)26-16-23(21-9-7-8-10-25(21)34-26)19(3)33-28(38)22-15-20(12-11-18(22)2)39-14-13-36(4)5/h7-12,15-17,19H,6,13-14H2,1-5H3,(H,33,38)/t19-/m1/s1. The molecule has 7 nitrogen and oxygen atoms in total. The number of benzene rings is 2. The van der Waals surface area contributed by atoms with Crippen LogP contribution in [0.5, 0.6) is 5.75 Å². The number of hydrogen-bond donors (Lipinski definition) is 1. The molecule has 0 aliphatic rings. The molecule has 2 aromatic carbocycles. The van der Waals surface area contributed by atoms with E-state index in [4.69, 9.17) is 4.74 Å². The molecule has 0 radical (unpaired) electrons. The topological polar surface area (TPSA) is 72.3 Å². The average molecular weight is 540 g/mol. The number of fused-ring (bicyclic) bond motifs is 1. The van der Waals surface area contributed by atoms with Gasteiger partial charge in [0, 0.05) is 30.2 Å². The van der Waals surface area contributed by atoms with E-state index in [0.717, 1.165) is 17.5 Å². The zero-order valence-corrected chi connectivity index (χ0v) is 22.6. The number of aromatic nitrogens is 3. The summed E-state index contributed by atoms with van der Waals surface area (Å²) in [5.74, 6) is 0.278. The maximum Gasteiger partial charge on any atom is 0.435 e. The van der Waals surface area contributed by atoms with Crippen LogP contribution in [0.15, 0.2) is 54.7 Å². The lowest BCUT2D eigenvalue weighted by Crippen LogP contribution is -2.27. The van der Waals surface area contributed by atoms with E-state index in [9.17, 15) is 18.0 Å². The minimum atomic E-state index is -4.64. The third kappa shape index (κ3) is 6.39. The van der Waals surface area contributed by atoms with Crippen molar-refractivity contribution >= 4 is 16.8 Å². The Bertz CT molecular complexity index is 1480. The molecular formula is C29H32F3N5O2. The lowest BCUT2D eigenvalue weighted by Gasteiger charge is -2.19. The molecule has 4 rings (SSSR count). The smallest absolute Gasteiger partial charge is 0.435 e. The Morgan fingerprint density at radius 3 is 2.59 bits per heavy atom. The fraction of sp³-hybridized carbons (Fsp3) is 0.345. The van der Waals surface area contributed by atoms with Crippen LogP contribution >= 0.6 is 0 Å². The van der Waals surface area contributed by atoms with Gasteiger partial charge in [-0.3, -0.25) is 9.48 Å². The molecule has 2 aromatic heterocycles. The van der Waals surface area contributed by atoms with Crippen molar-refractivity contribution in [3.63, 3.8) is 0 Å². The highest BCUT2D eigenvalue weighted by Crippen LogP contribution is 2.37. The number of para-hydroxylation sites is 1. The summed E-state index contributed by atoms with van der Waals surface area (Å²) in [5, 5.41) is 7.49. The number of nitrogens with one attached hydrogen (secondary N) is 1. The van der Waals surface area contributed by atoms with Crippen molar-refractivity contribution in [1.82, 2.24) is 25.0 Å². The first kappa shape index (κ1) is 28.1. The van der Waals surface area contributed by atoms with Gasteiger partial charge in [-0.25, -0.2) is 4.98 Å². The molecule has 0 unspecified atom stereocenters. The summed E-state index contributed by atoms with van der Waals surface area (Å²) in [6, 6.07) is 13.6. The second-order valence-corrected chi connectivity index (χ2v) is 9.68. The van der Waals surface area contributed by atoms with Gasteiger partial charge in [0.15, 0.2) is 5.69 Å². The average Bonchev–Trinajstić information content (AvgIpc) is 3.34. The highest BCUT2D eigenvalue weighted by molar-refractivity contribution is 5.97. The second-order valence-electron chi connectivity index (χ2n) is 9.68. The van der Waals surface area contributed by atoms with E-state index in [2.05, 4.69) is 15.4 Å². The maximum atomic E-state index is 13.8. The van der Waals surface area contributed by atoms with Gasteiger partial charge in [-0.2, -0.15) is 18.3 Å². The number of nitrogens with zero attached hydrogens (tertiary/aromatic N) is 4. The fourth-order valence-electron chi connectivity index (χ4n) is 4.31. The Balaban J connectivity index is 1.69. The minimum Gasteiger partial charge on any atom is -0.492 e. The van der Waals surface area contributed by atoms with E-state index in [0.29, 0.717) is 29.0 Å². The number of amides is 1. The van der Waals surface area contributed by atoms with Crippen LogP contribution in [0, 0.1) is 6.92 Å². The first-order valence-electron chi connectivity index (χ1n) is 12.7. The molecule has 1 N–H and O–H groups in total. The monoisotopic (exact) mass is 539 g/mol. The van der Waals surface area contributed by atoms with Crippen LogP contribution in [0.4, 0.5) is 13.2 Å². The minimum absolute atomic E-state index is 0.103. The molecule has 1 atom stereocenters. The van der Waals surface area contributed by atoms with Crippen LogP contribution in [0.3, 0.4) is 0 Å². The van der Waals surface area contributed by atoms with Crippen LogP contribution < -0.4 is 10.1 Å². The summed E-state index contributed by atoms with van der Waals surface area (Å²) in [6.45, 7) is 6.86. The molecule has 206 valence electrons. The van der Waals surface area contributed by atoms with Gasteiger partial charge in [-0.05, 0) is 70.3 Å². The highest BCUT2D eigenvalue weighted by atomic mass is 19.4. The number of likely N-dealkylation sites (N-methyl/N-ethyl adjacent to an activating group) is 1. The number of aryl methyl sites for hydroxylation is 2. The molecule has 0 aliphatic heterocycles. The first-order chi connectivity index (χ1) is 18.5. The summed E-state index contributed by atoms with van der Waals surface area (Å²) in [7, 11) is 3.90. The molecule has 4 aromatic rings. The van der Waals surface area contributed by atoms with E-state index < -0.39 is 17.9 Å². The lowest BCUT2D eigenvalue weighted by molar-refractivity contribution is -0.141. The molecule has 0 fully saturated rings. The molecule has 0 spiro atoms. The number of carbonyl (C=O) groups excluding carboxylic acids is 1. The molecule has 0 bridgehead atoms. The van der Waals surface area contributed by atoms with Crippen molar-refractivity contribution in [3.05, 3.63) is 77.1 Å². The zero-order valence-electron chi connectivity index (χ0n) is 22.6. The number of alkyl halides is 3. The number of ether oxygens (including phenoxy) is 1. The van der Waals surface area contributed by atoms with Crippen molar-refractivity contribution in [1.29, 1.82) is 0 Å². The molecule has 0 saturated carbocycles. The Morgan fingerprint density at radius 1 is 1.15 bits per heavy atom. The van der Waals surface area contributed by atoms with Gasteiger partial charge in [0.2, 0.25) is 0 Å². The van der Waals surface area contributed by atoms with Gasteiger partial charge in [0.05, 0.1) is 22.8 Å². The number of carbonyl (C=O) groups is 1. The van der Waals surface area contributed by atoms with E-state index >= 15 is 0 Å². The predicted molar refractivity (Wildman–Crippen MR) is 145 cm³/mol. The summed E-state index contributed by atoms with van der Waals surface area (Å²) >= 11 is 0.